The Hall–Kier alpha value is -3.36. The van der Waals surface area contributed by atoms with E-state index in [0.29, 0.717) is 10.7 Å². The molecule has 7 nitrogen and oxygen atoms in total. The van der Waals surface area contributed by atoms with Crippen LogP contribution in [0.15, 0.2) is 77.7 Å². The van der Waals surface area contributed by atoms with Gasteiger partial charge in [0, 0.05) is 17.6 Å². The summed E-state index contributed by atoms with van der Waals surface area (Å²) in [4.78, 5) is 29.0. The molecule has 0 spiro atoms. The Bertz CT molecular complexity index is 1450. The molecule has 0 heterocycles. The molecule has 1 aliphatic rings. The van der Waals surface area contributed by atoms with Gasteiger partial charge >= 0.3 is 0 Å². The minimum absolute atomic E-state index is 0.0174. The van der Waals surface area contributed by atoms with Crippen molar-refractivity contribution in [1.82, 2.24) is 10.2 Å². The molecule has 1 aliphatic carbocycles. The molecule has 0 aliphatic heterocycles. The summed E-state index contributed by atoms with van der Waals surface area (Å²) in [6.45, 7) is 5.27. The zero-order valence-electron chi connectivity index (χ0n) is 23.8. The van der Waals surface area contributed by atoms with Crippen molar-refractivity contribution in [1.29, 1.82) is 0 Å². The second-order valence-corrected chi connectivity index (χ2v) is 13.1. The minimum atomic E-state index is -4.14. The van der Waals surface area contributed by atoms with Crippen LogP contribution < -0.4 is 9.62 Å². The minimum Gasteiger partial charge on any atom is -0.352 e. The Kier molecular flexibility index (Phi) is 10.1. The molecule has 1 atom stereocenters. The van der Waals surface area contributed by atoms with E-state index < -0.39 is 28.5 Å². The number of nitrogens with one attached hydrogen (secondary N) is 1. The lowest BCUT2D eigenvalue weighted by atomic mass is 9.95. The van der Waals surface area contributed by atoms with Gasteiger partial charge < -0.3 is 10.2 Å². The second-order valence-electron chi connectivity index (χ2n) is 10.8. The molecular formula is C32H38ClN3O4S. The quantitative estimate of drug-likeness (QED) is 0.311. The molecular weight excluding hydrogens is 558 g/mol. The number of anilines is 1. The fourth-order valence-corrected chi connectivity index (χ4v) is 6.64. The first kappa shape index (κ1) is 30.6. The van der Waals surface area contributed by atoms with Crippen LogP contribution in [-0.4, -0.2) is 43.8 Å². The summed E-state index contributed by atoms with van der Waals surface area (Å²) in [5, 5.41) is 3.54. The molecule has 3 aromatic rings. The van der Waals surface area contributed by atoms with Crippen LogP contribution in [0.3, 0.4) is 0 Å². The van der Waals surface area contributed by atoms with Crippen LogP contribution in [0.4, 0.5) is 5.69 Å². The van der Waals surface area contributed by atoms with Gasteiger partial charge in [-0.15, -0.1) is 0 Å². The first-order chi connectivity index (χ1) is 19.6. The molecule has 41 heavy (non-hydrogen) atoms. The molecule has 1 fully saturated rings. The van der Waals surface area contributed by atoms with E-state index in [9.17, 15) is 18.0 Å². The van der Waals surface area contributed by atoms with E-state index in [4.69, 9.17) is 11.6 Å². The van der Waals surface area contributed by atoms with E-state index in [1.807, 2.05) is 38.1 Å². The summed E-state index contributed by atoms with van der Waals surface area (Å²) in [5.74, 6) is -0.709. The Balaban J connectivity index is 1.68. The zero-order valence-corrected chi connectivity index (χ0v) is 25.4. The third-order valence-electron chi connectivity index (χ3n) is 7.72. The second kappa shape index (κ2) is 13.5. The average molecular weight is 596 g/mol. The number of hydrogen-bond acceptors (Lipinski definition) is 4. The van der Waals surface area contributed by atoms with Crippen molar-refractivity contribution in [2.75, 3.05) is 10.8 Å². The maximum absolute atomic E-state index is 14.1. The maximum Gasteiger partial charge on any atom is 0.264 e. The predicted molar refractivity (Wildman–Crippen MR) is 163 cm³/mol. The van der Waals surface area contributed by atoms with Crippen molar-refractivity contribution in [2.45, 2.75) is 76.4 Å². The number of nitrogens with zero attached hydrogens (tertiary/aromatic N) is 2. The lowest BCUT2D eigenvalue weighted by Crippen LogP contribution is -2.53. The highest BCUT2D eigenvalue weighted by atomic mass is 35.5. The number of carbonyl (C=O) groups is 2. The monoisotopic (exact) mass is 595 g/mol. The van der Waals surface area contributed by atoms with Crippen LogP contribution in [0.5, 0.6) is 0 Å². The van der Waals surface area contributed by atoms with E-state index in [0.717, 1.165) is 53.1 Å². The number of amides is 2. The first-order valence-corrected chi connectivity index (χ1v) is 15.9. The van der Waals surface area contributed by atoms with E-state index >= 15 is 0 Å². The summed E-state index contributed by atoms with van der Waals surface area (Å²) in [6.07, 6.45) is 5.14. The predicted octanol–water partition coefficient (Wildman–Crippen LogP) is 6.02. The molecule has 0 saturated heterocycles. The number of rotatable bonds is 10. The average Bonchev–Trinajstić information content (AvgIpc) is 2.96. The van der Waals surface area contributed by atoms with Crippen LogP contribution in [0.25, 0.3) is 0 Å². The molecule has 1 saturated carbocycles. The topological polar surface area (TPSA) is 86.8 Å². The highest BCUT2D eigenvalue weighted by Crippen LogP contribution is 2.26. The molecule has 9 heteroatoms. The van der Waals surface area contributed by atoms with Gasteiger partial charge in [-0.05, 0) is 81.1 Å². The fraction of sp³-hybridized carbons (Fsp3) is 0.375. The highest BCUT2D eigenvalue weighted by molar-refractivity contribution is 7.92. The molecule has 0 bridgehead atoms. The summed E-state index contributed by atoms with van der Waals surface area (Å²) < 4.78 is 28.9. The van der Waals surface area contributed by atoms with Gasteiger partial charge in [0.05, 0.1) is 10.6 Å². The van der Waals surface area contributed by atoms with E-state index in [1.165, 1.54) is 29.2 Å². The molecule has 0 unspecified atom stereocenters. The lowest BCUT2D eigenvalue weighted by molar-refractivity contribution is -0.139. The number of halogens is 1. The SMILES string of the molecule is Cc1ccc(N(CC(=O)N(Cc2ccccc2C)[C@@H](C)C(=O)NC2CCCCC2)S(=O)(=O)c2ccc(Cl)cc2)cc1. The number of benzene rings is 3. The van der Waals surface area contributed by atoms with E-state index in [2.05, 4.69) is 5.32 Å². The van der Waals surface area contributed by atoms with Crippen LogP contribution >= 0.6 is 11.6 Å². The van der Waals surface area contributed by atoms with Crippen molar-refractivity contribution in [3.63, 3.8) is 0 Å². The van der Waals surface area contributed by atoms with Crippen LogP contribution in [0, 0.1) is 13.8 Å². The number of aryl methyl sites for hydroxylation is 2. The molecule has 3 aromatic carbocycles. The number of sulfonamides is 1. The molecule has 0 radical (unpaired) electrons. The molecule has 4 rings (SSSR count). The smallest absolute Gasteiger partial charge is 0.264 e. The van der Waals surface area contributed by atoms with Gasteiger partial charge in [0.15, 0.2) is 0 Å². The third kappa shape index (κ3) is 7.68. The normalized spacial score (nSPS) is 14.7. The molecule has 0 aromatic heterocycles. The maximum atomic E-state index is 14.1. The van der Waals surface area contributed by atoms with Gasteiger partial charge in [-0.2, -0.15) is 0 Å². The summed E-state index contributed by atoms with van der Waals surface area (Å²) in [5.41, 5.74) is 3.18. The van der Waals surface area contributed by atoms with Crippen LogP contribution in [0.2, 0.25) is 5.02 Å². The van der Waals surface area contributed by atoms with Gasteiger partial charge in [-0.25, -0.2) is 8.42 Å². The number of hydrogen-bond donors (Lipinski definition) is 1. The van der Waals surface area contributed by atoms with Crippen molar-refractivity contribution in [3.8, 4) is 0 Å². The van der Waals surface area contributed by atoms with Gasteiger partial charge in [0.25, 0.3) is 10.0 Å². The fourth-order valence-electron chi connectivity index (χ4n) is 5.10. The van der Waals surface area contributed by atoms with Gasteiger partial charge in [0.2, 0.25) is 11.8 Å². The number of carbonyl (C=O) groups excluding carboxylic acids is 2. The highest BCUT2D eigenvalue weighted by Gasteiger charge is 2.33. The van der Waals surface area contributed by atoms with Crippen molar-refractivity contribution in [2.24, 2.45) is 0 Å². The lowest BCUT2D eigenvalue weighted by Gasteiger charge is -2.33. The molecule has 218 valence electrons. The van der Waals surface area contributed by atoms with Gasteiger partial charge in [-0.3, -0.25) is 13.9 Å². The third-order valence-corrected chi connectivity index (χ3v) is 9.76. The Labute approximate surface area is 248 Å². The molecule has 1 N–H and O–H groups in total. The zero-order chi connectivity index (χ0) is 29.6. The van der Waals surface area contributed by atoms with E-state index in [1.54, 1.807) is 31.2 Å². The summed E-state index contributed by atoms with van der Waals surface area (Å²) in [7, 11) is -4.14. The molecule has 2 amide bonds. The summed E-state index contributed by atoms with van der Waals surface area (Å²) >= 11 is 6.02. The summed E-state index contributed by atoms with van der Waals surface area (Å²) in [6, 6.07) is 19.8. The van der Waals surface area contributed by atoms with Gasteiger partial charge in [-0.1, -0.05) is 72.8 Å². The Morgan fingerprint density at radius 2 is 1.56 bits per heavy atom. The van der Waals surface area contributed by atoms with Crippen LogP contribution in [0.1, 0.15) is 55.7 Å². The van der Waals surface area contributed by atoms with Crippen molar-refractivity contribution >= 4 is 39.1 Å². The Morgan fingerprint density at radius 1 is 0.927 bits per heavy atom. The standard InChI is InChI=1S/C32H38ClN3O4S/c1-23-13-17-29(18-14-23)36(41(39,40)30-19-15-27(33)16-20-30)22-31(37)35(21-26-10-8-7-9-24(26)2)25(3)32(38)34-28-11-5-4-6-12-28/h7-10,13-20,25,28H,4-6,11-12,21-22H2,1-3H3,(H,34,38)/t25-/m0/s1. The van der Waals surface area contributed by atoms with Crippen LogP contribution in [-0.2, 0) is 26.2 Å². The van der Waals surface area contributed by atoms with E-state index in [-0.39, 0.29) is 23.4 Å². The van der Waals surface area contributed by atoms with Crippen molar-refractivity contribution < 1.29 is 18.0 Å². The van der Waals surface area contributed by atoms with Crippen molar-refractivity contribution in [3.05, 3.63) is 94.5 Å². The Morgan fingerprint density at radius 3 is 2.20 bits per heavy atom. The van der Waals surface area contributed by atoms with Gasteiger partial charge in [0.1, 0.15) is 12.6 Å². The largest absolute Gasteiger partial charge is 0.352 e. The first-order valence-electron chi connectivity index (χ1n) is 14.1.